The summed E-state index contributed by atoms with van der Waals surface area (Å²) in [5.41, 5.74) is 7.16. The van der Waals surface area contributed by atoms with Crippen molar-refractivity contribution in [3.05, 3.63) is 34.0 Å². The van der Waals surface area contributed by atoms with Gasteiger partial charge in [0, 0.05) is 21.7 Å². The lowest BCUT2D eigenvalue weighted by Gasteiger charge is -2.04. The molecule has 0 aliphatic heterocycles. The highest BCUT2D eigenvalue weighted by Gasteiger charge is 2.09. The van der Waals surface area contributed by atoms with Crippen molar-refractivity contribution in [2.75, 3.05) is 5.73 Å². The van der Waals surface area contributed by atoms with Gasteiger partial charge in [0.25, 0.3) is 0 Å². The molecule has 0 bridgehead atoms. The number of aromatic nitrogens is 1. The summed E-state index contributed by atoms with van der Waals surface area (Å²) in [4.78, 5) is 4.91. The van der Waals surface area contributed by atoms with Crippen LogP contribution in [-0.4, -0.2) is 4.98 Å². The molecule has 2 rings (SSSR count). The molecule has 0 spiro atoms. The number of hydrogen-bond acceptors (Lipinski definition) is 4. The highest BCUT2D eigenvalue weighted by atomic mass is 35.5. The smallest absolute Gasteiger partial charge is 0.154 e. The van der Waals surface area contributed by atoms with Gasteiger partial charge < -0.3 is 5.73 Å². The van der Waals surface area contributed by atoms with Gasteiger partial charge in [-0.15, -0.1) is 11.3 Å². The molecule has 16 heavy (non-hydrogen) atoms. The number of nitrogen functional groups attached to an aromatic ring is 1. The van der Waals surface area contributed by atoms with Crippen LogP contribution in [0, 0.1) is 12.7 Å². The van der Waals surface area contributed by atoms with Crippen molar-refractivity contribution in [1.29, 1.82) is 0 Å². The average Bonchev–Trinajstić information content (AvgIpc) is 2.60. The Morgan fingerprint density at radius 2 is 2.25 bits per heavy atom. The third-order valence-electron chi connectivity index (χ3n) is 1.85. The van der Waals surface area contributed by atoms with Crippen LogP contribution in [0.3, 0.4) is 0 Å². The highest BCUT2D eigenvalue weighted by Crippen LogP contribution is 2.36. The van der Waals surface area contributed by atoms with Gasteiger partial charge in [0.2, 0.25) is 0 Å². The first kappa shape index (κ1) is 11.7. The minimum absolute atomic E-state index is 0.0390. The lowest BCUT2D eigenvalue weighted by atomic mass is 10.3. The maximum absolute atomic E-state index is 13.2. The number of anilines is 1. The van der Waals surface area contributed by atoms with Gasteiger partial charge in [0.1, 0.15) is 5.82 Å². The van der Waals surface area contributed by atoms with Crippen molar-refractivity contribution in [2.24, 2.45) is 0 Å². The second-order valence-electron chi connectivity index (χ2n) is 3.16. The first-order valence-electron chi connectivity index (χ1n) is 4.41. The highest BCUT2D eigenvalue weighted by molar-refractivity contribution is 8.01. The van der Waals surface area contributed by atoms with Gasteiger partial charge >= 0.3 is 0 Å². The fourth-order valence-electron chi connectivity index (χ4n) is 1.11. The minimum atomic E-state index is -0.466. The zero-order valence-electron chi connectivity index (χ0n) is 8.33. The molecule has 0 atom stereocenters. The van der Waals surface area contributed by atoms with Crippen LogP contribution in [-0.2, 0) is 0 Å². The Hall–Kier alpha value is -0.780. The molecule has 1 heterocycles. The number of thiazole rings is 1. The summed E-state index contributed by atoms with van der Waals surface area (Å²) in [6.45, 7) is 1.91. The number of hydrogen-bond donors (Lipinski definition) is 1. The van der Waals surface area contributed by atoms with E-state index in [4.69, 9.17) is 17.3 Å². The SMILES string of the molecule is Cc1csc(Sc2cc(F)c(Cl)cc2N)n1. The number of benzene rings is 1. The molecule has 0 unspecified atom stereocenters. The second kappa shape index (κ2) is 4.61. The van der Waals surface area contributed by atoms with E-state index in [1.54, 1.807) is 0 Å². The zero-order valence-corrected chi connectivity index (χ0v) is 10.7. The molecule has 84 valence electrons. The number of rotatable bonds is 2. The molecule has 0 amide bonds. The van der Waals surface area contributed by atoms with E-state index in [1.807, 2.05) is 12.3 Å². The molecule has 0 radical (unpaired) electrons. The van der Waals surface area contributed by atoms with Crippen molar-refractivity contribution in [3.63, 3.8) is 0 Å². The van der Waals surface area contributed by atoms with Crippen LogP contribution in [0.2, 0.25) is 5.02 Å². The van der Waals surface area contributed by atoms with Gasteiger partial charge in [0.15, 0.2) is 4.34 Å². The molecule has 2 aromatic rings. The third kappa shape index (κ3) is 2.48. The second-order valence-corrected chi connectivity index (χ2v) is 5.72. The Bertz CT molecular complexity index is 528. The zero-order chi connectivity index (χ0) is 11.7. The number of aryl methyl sites for hydroxylation is 1. The average molecular weight is 275 g/mol. The van der Waals surface area contributed by atoms with Crippen LogP contribution in [0.4, 0.5) is 10.1 Å². The topological polar surface area (TPSA) is 38.9 Å². The lowest BCUT2D eigenvalue weighted by molar-refractivity contribution is 0.625. The number of halogens is 2. The summed E-state index contributed by atoms with van der Waals surface area (Å²) >= 11 is 8.46. The molecule has 1 aromatic carbocycles. The van der Waals surface area contributed by atoms with Gasteiger partial charge in [-0.3, -0.25) is 0 Å². The molecule has 0 saturated heterocycles. The minimum Gasteiger partial charge on any atom is -0.398 e. The van der Waals surface area contributed by atoms with E-state index >= 15 is 0 Å². The van der Waals surface area contributed by atoms with Crippen molar-refractivity contribution < 1.29 is 4.39 Å². The fraction of sp³-hybridized carbons (Fsp3) is 0.100. The standard InChI is InChI=1S/C10H8ClFN2S2/c1-5-4-15-10(14-5)16-9-3-7(12)6(11)2-8(9)13/h2-4H,13H2,1H3. The maximum atomic E-state index is 13.2. The van der Waals surface area contributed by atoms with E-state index in [9.17, 15) is 4.39 Å². The Kier molecular flexibility index (Phi) is 3.37. The summed E-state index contributed by atoms with van der Waals surface area (Å²) in [7, 11) is 0. The van der Waals surface area contributed by atoms with Crippen LogP contribution in [0.15, 0.2) is 26.7 Å². The molecule has 1 aromatic heterocycles. The predicted molar refractivity (Wildman–Crippen MR) is 66.8 cm³/mol. The van der Waals surface area contributed by atoms with Crippen LogP contribution < -0.4 is 5.73 Å². The van der Waals surface area contributed by atoms with E-state index in [1.165, 1.54) is 35.2 Å². The van der Waals surface area contributed by atoms with E-state index in [-0.39, 0.29) is 5.02 Å². The number of nitrogens with two attached hydrogens (primary N) is 1. The largest absolute Gasteiger partial charge is 0.398 e. The fourth-order valence-corrected chi connectivity index (χ4v) is 3.12. The first-order valence-corrected chi connectivity index (χ1v) is 6.48. The molecule has 0 aliphatic carbocycles. The Balaban J connectivity index is 2.31. The Labute approximate surface area is 106 Å². The molecule has 0 aliphatic rings. The van der Waals surface area contributed by atoms with E-state index in [0.29, 0.717) is 10.6 Å². The molecule has 6 heteroatoms. The van der Waals surface area contributed by atoms with Crippen LogP contribution in [0.1, 0.15) is 5.69 Å². The van der Waals surface area contributed by atoms with E-state index in [0.717, 1.165) is 10.0 Å². The predicted octanol–water partition coefficient (Wildman–Crippen LogP) is 3.98. The number of nitrogens with zero attached hydrogens (tertiary/aromatic N) is 1. The molecule has 2 N–H and O–H groups in total. The van der Waals surface area contributed by atoms with Crippen LogP contribution in [0.5, 0.6) is 0 Å². The maximum Gasteiger partial charge on any atom is 0.154 e. The van der Waals surface area contributed by atoms with Gasteiger partial charge in [0.05, 0.1) is 5.02 Å². The summed E-state index contributed by atoms with van der Waals surface area (Å²) in [5.74, 6) is -0.466. The molecule has 2 nitrogen and oxygen atoms in total. The molecular formula is C10H8ClFN2S2. The van der Waals surface area contributed by atoms with Gasteiger partial charge in [-0.1, -0.05) is 23.4 Å². The van der Waals surface area contributed by atoms with E-state index < -0.39 is 5.82 Å². The van der Waals surface area contributed by atoms with Crippen LogP contribution in [0.25, 0.3) is 0 Å². The lowest BCUT2D eigenvalue weighted by Crippen LogP contribution is -1.90. The van der Waals surface area contributed by atoms with Gasteiger partial charge in [-0.25, -0.2) is 9.37 Å². The quantitative estimate of drug-likeness (QED) is 0.842. The van der Waals surface area contributed by atoms with Crippen molar-refractivity contribution in [2.45, 2.75) is 16.2 Å². The molecular weight excluding hydrogens is 267 g/mol. The summed E-state index contributed by atoms with van der Waals surface area (Å²) in [5, 5.41) is 1.97. The van der Waals surface area contributed by atoms with Crippen molar-refractivity contribution in [3.8, 4) is 0 Å². The van der Waals surface area contributed by atoms with Crippen molar-refractivity contribution >= 4 is 40.4 Å². The van der Waals surface area contributed by atoms with Crippen molar-refractivity contribution in [1.82, 2.24) is 4.98 Å². The third-order valence-corrected chi connectivity index (χ3v) is 4.27. The van der Waals surface area contributed by atoms with E-state index in [2.05, 4.69) is 4.98 Å². The first-order chi connectivity index (χ1) is 7.56. The normalized spacial score (nSPS) is 10.7. The Morgan fingerprint density at radius 3 is 2.88 bits per heavy atom. The summed E-state index contributed by atoms with van der Waals surface area (Å²) in [6.07, 6.45) is 0. The van der Waals surface area contributed by atoms with Gasteiger partial charge in [-0.2, -0.15) is 0 Å². The van der Waals surface area contributed by atoms with Gasteiger partial charge in [-0.05, 0) is 19.1 Å². The Morgan fingerprint density at radius 1 is 1.50 bits per heavy atom. The molecule has 0 fully saturated rings. The molecule has 0 saturated carbocycles. The monoisotopic (exact) mass is 274 g/mol. The summed E-state index contributed by atoms with van der Waals surface area (Å²) in [6, 6.07) is 2.75. The van der Waals surface area contributed by atoms with Crippen LogP contribution >= 0.6 is 34.7 Å². The summed E-state index contributed by atoms with van der Waals surface area (Å²) < 4.78 is 14.1.